The summed E-state index contributed by atoms with van der Waals surface area (Å²) in [7, 11) is 0. The topological polar surface area (TPSA) is 205 Å². The first-order valence-corrected chi connectivity index (χ1v) is 10.1. The zero-order valence-corrected chi connectivity index (χ0v) is 17.5. The lowest BCUT2D eigenvalue weighted by Crippen LogP contribution is -2.60. The smallest absolute Gasteiger partial charge is 0.326 e. The van der Waals surface area contributed by atoms with Crippen LogP contribution in [-0.2, 0) is 24.0 Å². The number of nitrogens with two attached hydrogens (primary N) is 2. The van der Waals surface area contributed by atoms with Gasteiger partial charge in [-0.2, -0.15) is 12.6 Å². The number of rotatable bonds is 11. The number of hydrogen-bond donors (Lipinski definition) is 7. The molecule has 0 saturated carbocycles. The molecule has 13 heteroatoms. The van der Waals surface area contributed by atoms with Crippen LogP contribution in [0.3, 0.4) is 0 Å². The number of nitrogens with one attached hydrogen (secondary N) is 2. The highest BCUT2D eigenvalue weighted by atomic mass is 32.1. The molecule has 0 aliphatic carbocycles. The van der Waals surface area contributed by atoms with Crippen molar-refractivity contribution in [2.45, 2.75) is 62.9 Å². The fourth-order valence-corrected chi connectivity index (χ4v) is 3.21. The summed E-state index contributed by atoms with van der Waals surface area (Å²) in [5.41, 5.74) is 10.7. The summed E-state index contributed by atoms with van der Waals surface area (Å²) in [5.74, 6) is -4.17. The summed E-state index contributed by atoms with van der Waals surface area (Å²) in [4.78, 5) is 61.2. The van der Waals surface area contributed by atoms with E-state index in [0.717, 1.165) is 4.90 Å². The van der Waals surface area contributed by atoms with Crippen molar-refractivity contribution < 1.29 is 34.2 Å². The molecule has 1 saturated heterocycles. The maximum absolute atomic E-state index is 12.9. The lowest BCUT2D eigenvalue weighted by Gasteiger charge is -2.29. The van der Waals surface area contributed by atoms with Gasteiger partial charge in [-0.1, -0.05) is 0 Å². The molecule has 1 heterocycles. The van der Waals surface area contributed by atoms with Crippen molar-refractivity contribution in [3.8, 4) is 0 Å². The number of carboxylic acid groups (broad SMARTS) is 1. The van der Waals surface area contributed by atoms with Crippen LogP contribution in [-0.4, -0.2) is 87.3 Å². The van der Waals surface area contributed by atoms with Gasteiger partial charge in [0.15, 0.2) is 0 Å². The van der Waals surface area contributed by atoms with Crippen LogP contribution in [0, 0.1) is 0 Å². The van der Waals surface area contributed by atoms with Crippen LogP contribution in [0.15, 0.2) is 0 Å². The van der Waals surface area contributed by atoms with Crippen LogP contribution in [0.5, 0.6) is 0 Å². The van der Waals surface area contributed by atoms with Crippen molar-refractivity contribution in [2.75, 3.05) is 12.3 Å². The average Bonchev–Trinajstić information content (AvgIpc) is 3.17. The van der Waals surface area contributed by atoms with Gasteiger partial charge < -0.3 is 37.2 Å². The Hall–Kier alpha value is -2.38. The second-order valence-electron chi connectivity index (χ2n) is 7.11. The summed E-state index contributed by atoms with van der Waals surface area (Å²) < 4.78 is 0. The van der Waals surface area contributed by atoms with Crippen LogP contribution >= 0.6 is 12.6 Å². The number of aliphatic hydroxyl groups is 1. The fraction of sp³-hybridized carbons (Fsp3) is 0.706. The molecule has 1 aliphatic rings. The van der Waals surface area contributed by atoms with E-state index >= 15 is 0 Å². The van der Waals surface area contributed by atoms with Crippen LogP contribution in [0.25, 0.3) is 0 Å². The minimum Gasteiger partial charge on any atom is -0.480 e. The molecule has 8 N–H and O–H groups in total. The summed E-state index contributed by atoms with van der Waals surface area (Å²) in [6, 6.07) is -4.75. The van der Waals surface area contributed by atoms with E-state index < -0.39 is 59.9 Å². The molecule has 0 aromatic heterocycles. The summed E-state index contributed by atoms with van der Waals surface area (Å²) >= 11 is 3.89. The summed E-state index contributed by atoms with van der Waals surface area (Å²) in [6.07, 6.45) is -0.983. The van der Waals surface area contributed by atoms with Crippen molar-refractivity contribution >= 4 is 42.2 Å². The quantitative estimate of drug-likeness (QED) is 0.161. The number of primary amides is 1. The molecule has 12 nitrogen and oxygen atoms in total. The number of carbonyl (C=O) groups excluding carboxylic acids is 4. The minimum atomic E-state index is -1.43. The first-order chi connectivity index (χ1) is 14.0. The molecule has 1 fully saturated rings. The third-order valence-electron chi connectivity index (χ3n) is 4.71. The third-order valence-corrected chi connectivity index (χ3v) is 5.10. The van der Waals surface area contributed by atoms with E-state index in [-0.39, 0.29) is 31.6 Å². The van der Waals surface area contributed by atoms with Gasteiger partial charge in [-0.15, -0.1) is 0 Å². The molecule has 0 radical (unpaired) electrons. The van der Waals surface area contributed by atoms with E-state index in [1.807, 2.05) is 0 Å². The molecule has 4 amide bonds. The van der Waals surface area contributed by atoms with Crippen molar-refractivity contribution in [3.05, 3.63) is 0 Å². The lowest BCUT2D eigenvalue weighted by molar-refractivity contribution is -0.149. The van der Waals surface area contributed by atoms with E-state index in [1.165, 1.54) is 6.92 Å². The van der Waals surface area contributed by atoms with Gasteiger partial charge in [0.25, 0.3) is 0 Å². The zero-order chi connectivity index (χ0) is 23.0. The minimum absolute atomic E-state index is 0.00520. The van der Waals surface area contributed by atoms with E-state index in [4.69, 9.17) is 11.5 Å². The van der Waals surface area contributed by atoms with Gasteiger partial charge in [0, 0.05) is 18.7 Å². The average molecular weight is 448 g/mol. The Morgan fingerprint density at radius 2 is 1.83 bits per heavy atom. The Balaban J connectivity index is 2.99. The molecule has 5 atom stereocenters. The molecule has 0 spiro atoms. The predicted octanol–water partition coefficient (Wildman–Crippen LogP) is -3.06. The van der Waals surface area contributed by atoms with E-state index in [1.54, 1.807) is 0 Å². The fourth-order valence-electron chi connectivity index (χ4n) is 3.04. The summed E-state index contributed by atoms with van der Waals surface area (Å²) in [6.45, 7) is 1.45. The Morgan fingerprint density at radius 1 is 1.20 bits per heavy atom. The Morgan fingerprint density at radius 3 is 2.33 bits per heavy atom. The highest BCUT2D eigenvalue weighted by Gasteiger charge is 2.38. The SMILES string of the molecule is CC(O)C(NC(=O)C(N)CS)C(=O)NC(CCC(N)=O)C(=O)N1CCCC1C(=O)O. The van der Waals surface area contributed by atoms with Gasteiger partial charge in [-0.05, 0) is 26.2 Å². The van der Waals surface area contributed by atoms with Crippen molar-refractivity contribution in [1.29, 1.82) is 0 Å². The lowest BCUT2D eigenvalue weighted by atomic mass is 10.1. The van der Waals surface area contributed by atoms with Crippen molar-refractivity contribution in [2.24, 2.45) is 11.5 Å². The molecule has 170 valence electrons. The van der Waals surface area contributed by atoms with Gasteiger partial charge in [-0.25, -0.2) is 4.79 Å². The number of nitrogens with zero attached hydrogens (tertiary/aromatic N) is 1. The van der Waals surface area contributed by atoms with Crippen molar-refractivity contribution in [3.63, 3.8) is 0 Å². The molecule has 1 aliphatic heterocycles. The number of aliphatic carboxylic acids is 1. The van der Waals surface area contributed by atoms with E-state index in [0.29, 0.717) is 6.42 Å². The predicted molar refractivity (Wildman–Crippen MR) is 108 cm³/mol. The van der Waals surface area contributed by atoms with Gasteiger partial charge >= 0.3 is 5.97 Å². The monoisotopic (exact) mass is 447 g/mol. The summed E-state index contributed by atoms with van der Waals surface area (Å²) in [5, 5.41) is 23.9. The van der Waals surface area contributed by atoms with Crippen LogP contribution in [0.4, 0.5) is 0 Å². The molecule has 0 bridgehead atoms. The van der Waals surface area contributed by atoms with Gasteiger partial charge in [0.05, 0.1) is 12.1 Å². The van der Waals surface area contributed by atoms with Crippen LogP contribution < -0.4 is 22.1 Å². The molecular weight excluding hydrogens is 418 g/mol. The number of hydrogen-bond acceptors (Lipinski definition) is 8. The largest absolute Gasteiger partial charge is 0.480 e. The second-order valence-corrected chi connectivity index (χ2v) is 7.48. The Bertz CT molecular complexity index is 675. The number of carboxylic acids is 1. The molecule has 0 aromatic rings. The molecule has 0 aromatic carbocycles. The highest BCUT2D eigenvalue weighted by molar-refractivity contribution is 7.80. The number of thiol groups is 1. The maximum Gasteiger partial charge on any atom is 0.326 e. The maximum atomic E-state index is 12.9. The first-order valence-electron chi connectivity index (χ1n) is 9.46. The number of aliphatic hydroxyl groups excluding tert-OH is 1. The molecule has 1 rings (SSSR count). The van der Waals surface area contributed by atoms with Gasteiger partial charge in [-0.3, -0.25) is 19.2 Å². The second kappa shape index (κ2) is 11.7. The zero-order valence-electron chi connectivity index (χ0n) is 16.6. The van der Waals surface area contributed by atoms with E-state index in [2.05, 4.69) is 23.3 Å². The normalized spacial score (nSPS) is 20.0. The van der Waals surface area contributed by atoms with E-state index in [9.17, 15) is 34.2 Å². The number of amides is 4. The third kappa shape index (κ3) is 7.15. The highest BCUT2D eigenvalue weighted by Crippen LogP contribution is 2.19. The standard InChI is InChI=1S/C17H29N5O7S/c1-8(23)13(21-14(25)9(18)7-30)15(26)20-10(4-5-12(19)24)16(27)22-6-2-3-11(22)17(28)29/h8-11,13,23,30H,2-7,18H2,1H3,(H2,19,24)(H,20,26)(H,21,25)(H,28,29). The molecule has 30 heavy (non-hydrogen) atoms. The molecule has 5 unspecified atom stereocenters. The van der Waals surface area contributed by atoms with Crippen LogP contribution in [0.1, 0.15) is 32.6 Å². The number of likely N-dealkylation sites (tertiary alicyclic amines) is 1. The Kier molecular flexibility index (Phi) is 10.0. The Labute approximate surface area is 179 Å². The van der Waals surface area contributed by atoms with Gasteiger partial charge in [0.1, 0.15) is 18.1 Å². The van der Waals surface area contributed by atoms with Crippen molar-refractivity contribution in [1.82, 2.24) is 15.5 Å². The number of carbonyl (C=O) groups is 5. The first kappa shape index (κ1) is 25.7. The molecular formula is C17H29N5O7S. The van der Waals surface area contributed by atoms with Gasteiger partial charge in [0.2, 0.25) is 23.6 Å². The van der Waals surface area contributed by atoms with Crippen LogP contribution in [0.2, 0.25) is 0 Å².